The number of amides is 1. The van der Waals surface area contributed by atoms with Crippen molar-refractivity contribution in [3.8, 4) is 5.75 Å². The molecule has 1 amide bonds. The Morgan fingerprint density at radius 2 is 1.73 bits per heavy atom. The molecule has 2 aliphatic rings. The molecule has 2 fully saturated rings. The number of hydrogen-bond acceptors (Lipinski definition) is 5. The molecule has 40 heavy (non-hydrogen) atoms. The molecule has 1 unspecified atom stereocenters. The summed E-state index contributed by atoms with van der Waals surface area (Å²) in [7, 11) is 0. The Morgan fingerprint density at radius 3 is 2.42 bits per heavy atom. The maximum absolute atomic E-state index is 13.9. The quantitative estimate of drug-likeness (QED) is 0.256. The number of Topliss-reactive ketones (excluding diaryl/α,β-unsaturated/α-hetero) is 1. The minimum atomic E-state index is -0.712. The van der Waals surface area contributed by atoms with Crippen LogP contribution in [0.2, 0.25) is 0 Å². The van der Waals surface area contributed by atoms with Gasteiger partial charge in [-0.2, -0.15) is 0 Å². The molecule has 2 aliphatic heterocycles. The Kier molecular flexibility index (Phi) is 8.63. The van der Waals surface area contributed by atoms with Gasteiger partial charge >= 0.3 is 0 Å². The molecule has 2 saturated heterocycles. The number of benzene rings is 3. The number of nitrogens with zero attached hydrogens (tertiary/aromatic N) is 1. The van der Waals surface area contributed by atoms with Gasteiger partial charge < -0.3 is 24.4 Å². The van der Waals surface area contributed by atoms with Gasteiger partial charge in [-0.05, 0) is 48.2 Å². The molecule has 7 nitrogen and oxygen atoms in total. The number of nitrogens with one attached hydrogen (secondary N) is 1. The van der Waals surface area contributed by atoms with Crippen molar-refractivity contribution < 1.29 is 29.1 Å². The monoisotopic (exact) mass is 540 g/mol. The first-order valence-electron chi connectivity index (χ1n) is 13.9. The van der Waals surface area contributed by atoms with Gasteiger partial charge in [0.15, 0.2) is 0 Å². The highest BCUT2D eigenvalue weighted by Crippen LogP contribution is 2.39. The first-order chi connectivity index (χ1) is 19.4. The lowest BCUT2D eigenvalue weighted by Gasteiger charge is -2.29. The van der Waals surface area contributed by atoms with Crippen LogP contribution in [0.15, 0.2) is 78.4 Å². The van der Waals surface area contributed by atoms with E-state index in [0.29, 0.717) is 24.5 Å². The number of morpholine rings is 1. The third-order valence-corrected chi connectivity index (χ3v) is 7.73. The van der Waals surface area contributed by atoms with Gasteiger partial charge in [-0.15, -0.1) is 0 Å². The Bertz CT molecular complexity index is 1380. The van der Waals surface area contributed by atoms with E-state index in [1.165, 1.54) is 4.90 Å². The highest BCUT2D eigenvalue weighted by Gasteiger charge is 2.44. The van der Waals surface area contributed by atoms with E-state index < -0.39 is 23.5 Å². The van der Waals surface area contributed by atoms with Gasteiger partial charge in [0.2, 0.25) is 5.78 Å². The fraction of sp³-hybridized carbons (Fsp3) is 0.333. The zero-order valence-corrected chi connectivity index (χ0v) is 23.2. The molecule has 0 spiro atoms. The van der Waals surface area contributed by atoms with Crippen LogP contribution >= 0.6 is 0 Å². The number of ether oxygens (including phenoxy) is 2. The van der Waals surface area contributed by atoms with Gasteiger partial charge in [0.1, 0.15) is 25.4 Å². The van der Waals surface area contributed by atoms with E-state index in [2.05, 4.69) is 0 Å². The summed E-state index contributed by atoms with van der Waals surface area (Å²) in [6.07, 6.45) is 0.741. The van der Waals surface area contributed by atoms with Crippen LogP contribution in [0.3, 0.4) is 0 Å². The predicted molar refractivity (Wildman–Crippen MR) is 151 cm³/mol. The average Bonchev–Trinajstić information content (AvgIpc) is 3.22. The third-order valence-electron chi connectivity index (χ3n) is 7.73. The molecular weight excluding hydrogens is 504 g/mol. The van der Waals surface area contributed by atoms with Crippen molar-refractivity contribution in [2.24, 2.45) is 0 Å². The molecule has 5 rings (SSSR count). The summed E-state index contributed by atoms with van der Waals surface area (Å²) >= 11 is 0. The van der Waals surface area contributed by atoms with Crippen LogP contribution in [-0.4, -0.2) is 56.0 Å². The highest BCUT2D eigenvalue weighted by atomic mass is 16.5. The van der Waals surface area contributed by atoms with E-state index in [0.717, 1.165) is 61.5 Å². The van der Waals surface area contributed by atoms with Gasteiger partial charge in [0.05, 0.1) is 25.8 Å². The lowest BCUT2D eigenvalue weighted by molar-refractivity contribution is -0.908. The third kappa shape index (κ3) is 6.11. The maximum Gasteiger partial charge on any atom is 0.295 e. The second kappa shape index (κ2) is 12.5. The molecule has 0 aliphatic carbocycles. The first-order valence-corrected chi connectivity index (χ1v) is 13.9. The summed E-state index contributed by atoms with van der Waals surface area (Å²) in [6.45, 7) is 8.93. The summed E-state index contributed by atoms with van der Waals surface area (Å²) in [4.78, 5) is 29.7. The summed E-state index contributed by atoms with van der Waals surface area (Å²) < 4.78 is 11.4. The Balaban J connectivity index is 1.41. The van der Waals surface area contributed by atoms with Crippen LogP contribution in [0.5, 0.6) is 5.75 Å². The van der Waals surface area contributed by atoms with E-state index in [-0.39, 0.29) is 5.57 Å². The lowest BCUT2D eigenvalue weighted by atomic mass is 9.94. The topological polar surface area (TPSA) is 83.3 Å². The molecular formula is C33H36N2O5. The number of quaternary nitrogens is 1. The molecule has 0 bridgehead atoms. The SMILES string of the molecule is Cc1ccc(C2/C(=C(\[O-])c3ccc(OCc4ccccc4)c(C)c3)C(=O)C(=O)N2CCC[NH+]2CCOCC2)cc1. The fourth-order valence-corrected chi connectivity index (χ4v) is 5.45. The van der Waals surface area contributed by atoms with Crippen LogP contribution in [0, 0.1) is 13.8 Å². The van der Waals surface area contributed by atoms with Crippen molar-refractivity contribution in [1.29, 1.82) is 0 Å². The predicted octanol–water partition coefficient (Wildman–Crippen LogP) is 2.41. The van der Waals surface area contributed by atoms with Crippen LogP contribution in [-0.2, 0) is 20.9 Å². The summed E-state index contributed by atoms with van der Waals surface area (Å²) in [5.41, 5.74) is 4.06. The molecule has 0 saturated carbocycles. The fourth-order valence-electron chi connectivity index (χ4n) is 5.45. The minimum Gasteiger partial charge on any atom is -0.872 e. The number of hydrogen-bond donors (Lipinski definition) is 1. The van der Waals surface area contributed by atoms with E-state index in [1.807, 2.05) is 68.4 Å². The minimum absolute atomic E-state index is 0.0185. The zero-order chi connectivity index (χ0) is 28.1. The largest absolute Gasteiger partial charge is 0.872 e. The molecule has 7 heteroatoms. The van der Waals surface area contributed by atoms with E-state index >= 15 is 0 Å². The Labute approximate surface area is 235 Å². The van der Waals surface area contributed by atoms with Crippen molar-refractivity contribution >= 4 is 17.4 Å². The number of ketones is 1. The number of rotatable bonds is 9. The highest BCUT2D eigenvalue weighted by molar-refractivity contribution is 6.46. The molecule has 2 heterocycles. The average molecular weight is 541 g/mol. The number of aryl methyl sites for hydroxylation is 2. The molecule has 3 aromatic carbocycles. The van der Waals surface area contributed by atoms with E-state index in [4.69, 9.17) is 9.47 Å². The Morgan fingerprint density at radius 1 is 1.00 bits per heavy atom. The number of carbonyl (C=O) groups is 2. The van der Waals surface area contributed by atoms with Gasteiger partial charge in [-0.3, -0.25) is 9.59 Å². The lowest BCUT2D eigenvalue weighted by Crippen LogP contribution is -3.14. The zero-order valence-electron chi connectivity index (χ0n) is 23.2. The van der Waals surface area contributed by atoms with E-state index in [9.17, 15) is 14.7 Å². The molecule has 1 atom stereocenters. The van der Waals surface area contributed by atoms with Crippen molar-refractivity contribution in [2.75, 3.05) is 39.4 Å². The van der Waals surface area contributed by atoms with Crippen LogP contribution in [0.25, 0.3) is 5.76 Å². The van der Waals surface area contributed by atoms with Crippen molar-refractivity contribution in [1.82, 2.24) is 4.90 Å². The standard InChI is InChI=1S/C33H36N2O5/c1-23-9-11-26(12-10-23)30-29(32(37)33(38)35(30)16-6-15-34-17-19-39-20-18-34)31(36)27-13-14-28(24(2)21-27)40-22-25-7-4-3-5-8-25/h3-5,7-14,21,30,36H,6,15-20,22H2,1-2H3/b31-29+. The maximum atomic E-state index is 13.9. The van der Waals surface area contributed by atoms with Crippen molar-refractivity contribution in [3.05, 3.63) is 106 Å². The second-order valence-electron chi connectivity index (χ2n) is 10.6. The number of carbonyl (C=O) groups excluding carboxylic acids is 2. The normalized spacial score (nSPS) is 19.2. The molecule has 1 N–H and O–H groups in total. The summed E-state index contributed by atoms with van der Waals surface area (Å²) in [5, 5.41) is 13.9. The van der Waals surface area contributed by atoms with E-state index in [1.54, 1.807) is 23.1 Å². The smallest absolute Gasteiger partial charge is 0.295 e. The van der Waals surface area contributed by atoms with Gasteiger partial charge in [-0.1, -0.05) is 72.0 Å². The first kappa shape index (κ1) is 27.6. The van der Waals surface area contributed by atoms with Gasteiger partial charge in [-0.25, -0.2) is 0 Å². The summed E-state index contributed by atoms with van der Waals surface area (Å²) in [6, 6.07) is 22.0. The Hall–Kier alpha value is -3.94. The number of likely N-dealkylation sites (tertiary alicyclic amines) is 1. The summed E-state index contributed by atoms with van der Waals surface area (Å²) in [5.74, 6) is -1.06. The molecule has 0 aromatic heterocycles. The van der Waals surface area contributed by atoms with Crippen molar-refractivity contribution in [3.63, 3.8) is 0 Å². The van der Waals surface area contributed by atoms with Gasteiger partial charge in [0, 0.05) is 18.5 Å². The molecule has 3 aromatic rings. The van der Waals surface area contributed by atoms with Crippen LogP contribution in [0.1, 0.15) is 40.3 Å². The second-order valence-corrected chi connectivity index (χ2v) is 10.6. The molecule has 208 valence electrons. The van der Waals surface area contributed by atoms with Gasteiger partial charge in [0.25, 0.3) is 5.91 Å². The van der Waals surface area contributed by atoms with Crippen LogP contribution in [0.4, 0.5) is 0 Å². The van der Waals surface area contributed by atoms with Crippen molar-refractivity contribution in [2.45, 2.75) is 32.9 Å². The molecule has 0 radical (unpaired) electrons. The van der Waals surface area contributed by atoms with Crippen LogP contribution < -0.4 is 14.7 Å².